The lowest BCUT2D eigenvalue weighted by molar-refractivity contribution is -0.139. The Morgan fingerprint density at radius 1 is 1.07 bits per heavy atom. The summed E-state index contributed by atoms with van der Waals surface area (Å²) < 4.78 is 2.70. The van der Waals surface area contributed by atoms with Crippen LogP contribution in [0.5, 0.6) is 0 Å². The second-order valence-corrected chi connectivity index (χ2v) is 8.30. The van der Waals surface area contributed by atoms with Crippen LogP contribution in [0.15, 0.2) is 33.9 Å². The molecule has 1 amide bonds. The number of fused-ring (bicyclic) bond motifs is 2. The van der Waals surface area contributed by atoms with Crippen LogP contribution in [0, 0.1) is 11.8 Å². The highest BCUT2D eigenvalue weighted by atomic mass is 16.2. The molecule has 2 fully saturated rings. The van der Waals surface area contributed by atoms with E-state index in [1.54, 1.807) is 31.2 Å². The molecule has 6 heteroatoms. The van der Waals surface area contributed by atoms with Crippen LogP contribution in [-0.2, 0) is 17.9 Å². The second kappa shape index (κ2) is 7.57. The van der Waals surface area contributed by atoms with Crippen LogP contribution >= 0.6 is 0 Å². The number of amides is 1. The molecule has 3 unspecified atom stereocenters. The van der Waals surface area contributed by atoms with Crippen molar-refractivity contribution in [2.24, 2.45) is 11.8 Å². The molecule has 28 heavy (non-hydrogen) atoms. The average Bonchev–Trinajstić information content (AvgIpc) is 2.72. The lowest BCUT2D eigenvalue weighted by atomic mass is 9.72. The highest BCUT2D eigenvalue weighted by Gasteiger charge is 2.39. The Hall–Kier alpha value is -2.37. The molecule has 6 nitrogen and oxygen atoms in total. The van der Waals surface area contributed by atoms with Crippen molar-refractivity contribution in [3.8, 4) is 0 Å². The van der Waals surface area contributed by atoms with E-state index in [-0.39, 0.29) is 18.0 Å². The summed E-state index contributed by atoms with van der Waals surface area (Å²) in [5, 5.41) is 0.486. The van der Waals surface area contributed by atoms with Gasteiger partial charge in [-0.25, -0.2) is 4.79 Å². The molecular weight excluding hydrogens is 354 g/mol. The van der Waals surface area contributed by atoms with E-state index in [0.717, 1.165) is 19.4 Å². The molecule has 3 atom stereocenters. The summed E-state index contributed by atoms with van der Waals surface area (Å²) in [5.74, 6) is 1.22. The van der Waals surface area contributed by atoms with Gasteiger partial charge in [-0.05, 0) is 50.2 Å². The number of rotatable bonds is 3. The molecule has 1 saturated heterocycles. The average molecular weight is 383 g/mol. The number of carbonyl (C=O) groups is 1. The van der Waals surface area contributed by atoms with E-state index < -0.39 is 5.69 Å². The van der Waals surface area contributed by atoms with Crippen LogP contribution in [0.3, 0.4) is 0 Å². The summed E-state index contributed by atoms with van der Waals surface area (Å²) in [6, 6.07) is 7.37. The Morgan fingerprint density at radius 2 is 1.82 bits per heavy atom. The van der Waals surface area contributed by atoms with Gasteiger partial charge in [0.1, 0.15) is 6.54 Å². The van der Waals surface area contributed by atoms with Crippen LogP contribution in [0.4, 0.5) is 0 Å². The first-order valence-corrected chi connectivity index (χ1v) is 10.5. The molecule has 2 aromatic rings. The molecular formula is C22H29N3O3. The zero-order valence-corrected chi connectivity index (χ0v) is 16.8. The number of likely N-dealkylation sites (tertiary alicyclic amines) is 1. The fourth-order valence-electron chi connectivity index (χ4n) is 5.25. The summed E-state index contributed by atoms with van der Waals surface area (Å²) in [5.41, 5.74) is -0.141. The Morgan fingerprint density at radius 3 is 2.61 bits per heavy atom. The van der Waals surface area contributed by atoms with Gasteiger partial charge in [0, 0.05) is 19.1 Å². The minimum atomic E-state index is -0.398. The Bertz CT molecular complexity index is 1010. The molecule has 0 bridgehead atoms. The lowest BCUT2D eigenvalue weighted by Gasteiger charge is -2.47. The normalized spacial score (nSPS) is 24.9. The van der Waals surface area contributed by atoms with Gasteiger partial charge in [0.15, 0.2) is 0 Å². The topological polar surface area (TPSA) is 64.3 Å². The monoisotopic (exact) mass is 383 g/mol. The molecule has 1 aromatic carbocycles. The van der Waals surface area contributed by atoms with E-state index in [9.17, 15) is 14.4 Å². The maximum absolute atomic E-state index is 13.3. The second-order valence-electron chi connectivity index (χ2n) is 8.30. The van der Waals surface area contributed by atoms with Crippen molar-refractivity contribution in [1.29, 1.82) is 0 Å². The number of piperidine rings is 1. The number of carbonyl (C=O) groups excluding carboxylic acids is 1. The van der Waals surface area contributed by atoms with Crippen molar-refractivity contribution in [2.75, 3.05) is 6.54 Å². The molecule has 2 heterocycles. The van der Waals surface area contributed by atoms with Crippen molar-refractivity contribution < 1.29 is 4.79 Å². The van der Waals surface area contributed by atoms with Gasteiger partial charge in [0.25, 0.3) is 5.56 Å². The quantitative estimate of drug-likeness (QED) is 0.818. The van der Waals surface area contributed by atoms with E-state index in [0.29, 0.717) is 35.3 Å². The number of benzene rings is 1. The van der Waals surface area contributed by atoms with Gasteiger partial charge in [-0.1, -0.05) is 31.9 Å². The highest BCUT2D eigenvalue weighted by molar-refractivity contribution is 5.82. The Balaban J connectivity index is 1.71. The summed E-state index contributed by atoms with van der Waals surface area (Å²) in [6.45, 7) is 5.14. The van der Waals surface area contributed by atoms with Gasteiger partial charge in [0.2, 0.25) is 5.91 Å². The predicted octanol–water partition coefficient (Wildman–Crippen LogP) is 2.61. The fraction of sp³-hybridized carbons (Fsp3) is 0.591. The van der Waals surface area contributed by atoms with Crippen molar-refractivity contribution >= 4 is 16.8 Å². The number of nitrogens with zero attached hydrogens (tertiary/aromatic N) is 3. The van der Waals surface area contributed by atoms with Gasteiger partial charge in [-0.3, -0.25) is 18.7 Å². The number of para-hydroxylation sites is 1. The zero-order chi connectivity index (χ0) is 19.8. The van der Waals surface area contributed by atoms with Crippen molar-refractivity contribution in [2.45, 2.75) is 65.1 Å². The van der Waals surface area contributed by atoms with E-state index in [2.05, 4.69) is 6.92 Å². The van der Waals surface area contributed by atoms with Crippen molar-refractivity contribution in [3.63, 3.8) is 0 Å². The summed E-state index contributed by atoms with van der Waals surface area (Å²) >= 11 is 0. The molecule has 0 radical (unpaired) electrons. The van der Waals surface area contributed by atoms with E-state index in [1.807, 2.05) is 4.90 Å². The molecule has 1 aliphatic heterocycles. The van der Waals surface area contributed by atoms with Crippen LogP contribution < -0.4 is 11.2 Å². The molecule has 1 aliphatic carbocycles. The van der Waals surface area contributed by atoms with Crippen LogP contribution in [-0.4, -0.2) is 32.5 Å². The Kier molecular flexibility index (Phi) is 5.13. The number of aromatic nitrogens is 2. The largest absolute Gasteiger partial charge is 0.338 e. The first-order chi connectivity index (χ1) is 13.5. The third kappa shape index (κ3) is 3.09. The van der Waals surface area contributed by atoms with E-state index >= 15 is 0 Å². The van der Waals surface area contributed by atoms with Crippen molar-refractivity contribution in [3.05, 3.63) is 45.1 Å². The first-order valence-electron chi connectivity index (χ1n) is 10.5. The standard InChI is InChI=1S/C22H29N3O3/c1-3-23-21(27)17-9-5-7-11-19(17)25(22(23)28)14-20(26)24-13-12-15(2)16-8-4-6-10-18(16)24/h5,7,9,11,15-16,18H,3-4,6,8,10,12-14H2,1-2H3. The molecule has 4 rings (SSSR count). The third-order valence-corrected chi connectivity index (χ3v) is 6.80. The molecule has 150 valence electrons. The highest BCUT2D eigenvalue weighted by Crippen LogP contribution is 2.38. The predicted molar refractivity (Wildman–Crippen MR) is 109 cm³/mol. The van der Waals surface area contributed by atoms with E-state index in [4.69, 9.17) is 0 Å². The van der Waals surface area contributed by atoms with Gasteiger partial charge in [0.05, 0.1) is 10.9 Å². The minimum Gasteiger partial charge on any atom is -0.338 e. The molecule has 0 spiro atoms. The van der Waals surface area contributed by atoms with Crippen molar-refractivity contribution in [1.82, 2.24) is 14.0 Å². The summed E-state index contributed by atoms with van der Waals surface area (Å²) in [7, 11) is 0. The van der Waals surface area contributed by atoms with Gasteiger partial charge in [-0.15, -0.1) is 0 Å². The zero-order valence-electron chi connectivity index (χ0n) is 16.8. The molecule has 2 aliphatic rings. The van der Waals surface area contributed by atoms with Crippen LogP contribution in [0.25, 0.3) is 10.9 Å². The van der Waals surface area contributed by atoms with Gasteiger partial charge >= 0.3 is 5.69 Å². The van der Waals surface area contributed by atoms with Crippen LogP contribution in [0.2, 0.25) is 0 Å². The minimum absolute atomic E-state index is 0.00245. The maximum atomic E-state index is 13.3. The van der Waals surface area contributed by atoms with Gasteiger partial charge in [-0.2, -0.15) is 0 Å². The first kappa shape index (κ1) is 19.0. The fourth-order valence-corrected chi connectivity index (χ4v) is 5.25. The molecule has 1 aromatic heterocycles. The Labute approximate surface area is 164 Å². The summed E-state index contributed by atoms with van der Waals surface area (Å²) in [4.78, 5) is 40.8. The SMILES string of the molecule is CCn1c(=O)c2ccccc2n(CC(=O)N2CCC(C)C3CCCCC32)c1=O. The molecule has 0 N–H and O–H groups in total. The van der Waals surface area contributed by atoms with E-state index in [1.165, 1.54) is 28.4 Å². The maximum Gasteiger partial charge on any atom is 0.331 e. The lowest BCUT2D eigenvalue weighted by Crippen LogP contribution is -2.54. The number of hydrogen-bond acceptors (Lipinski definition) is 3. The smallest absolute Gasteiger partial charge is 0.331 e. The third-order valence-electron chi connectivity index (χ3n) is 6.80. The van der Waals surface area contributed by atoms with Gasteiger partial charge < -0.3 is 4.90 Å². The van der Waals surface area contributed by atoms with Crippen LogP contribution in [0.1, 0.15) is 46.0 Å². The summed E-state index contributed by atoms with van der Waals surface area (Å²) in [6.07, 6.45) is 5.70. The number of hydrogen-bond donors (Lipinski definition) is 0. The molecule has 1 saturated carbocycles.